The lowest BCUT2D eigenvalue weighted by Gasteiger charge is -2.22. The van der Waals surface area contributed by atoms with Crippen LogP contribution in [0, 0.1) is 0 Å². The average molecular weight is 268 g/mol. The molecule has 0 bridgehead atoms. The van der Waals surface area contributed by atoms with E-state index in [1.165, 1.54) is 6.92 Å². The van der Waals surface area contributed by atoms with Crippen LogP contribution in [0.2, 0.25) is 0 Å². The van der Waals surface area contributed by atoms with Crippen LogP contribution in [0.25, 0.3) is 0 Å². The molecule has 1 aromatic rings. The lowest BCUT2D eigenvalue weighted by Crippen LogP contribution is -2.28. The van der Waals surface area contributed by atoms with Crippen LogP contribution in [0.5, 0.6) is 0 Å². The van der Waals surface area contributed by atoms with Crippen molar-refractivity contribution in [3.05, 3.63) is 29.8 Å². The highest BCUT2D eigenvalue weighted by Crippen LogP contribution is 2.17. The molecule has 0 aliphatic carbocycles. The third kappa shape index (κ3) is 3.08. The average Bonchev–Trinajstić information content (AvgIpc) is 2.50. The Bertz CT molecular complexity index is 554. The van der Waals surface area contributed by atoms with E-state index < -0.39 is 10.0 Å². The van der Waals surface area contributed by atoms with E-state index in [-0.39, 0.29) is 11.5 Å². The molecule has 0 unspecified atom stereocenters. The number of carbonyl (C=O) groups is 1. The number of nitrogens with zero attached hydrogens (tertiary/aromatic N) is 1. The number of hydrogen-bond acceptors (Lipinski definition) is 4. The summed E-state index contributed by atoms with van der Waals surface area (Å²) in [7, 11) is -3.15. The first-order valence-corrected chi connectivity index (χ1v) is 7.46. The van der Waals surface area contributed by atoms with Crippen LogP contribution in [-0.2, 0) is 10.0 Å². The molecule has 1 heterocycles. The summed E-state index contributed by atoms with van der Waals surface area (Å²) in [6.07, 6.45) is 0. The number of carbonyl (C=O) groups excluding carboxylic acids is 1. The molecule has 98 valence electrons. The van der Waals surface area contributed by atoms with Crippen molar-refractivity contribution in [3.8, 4) is 0 Å². The quantitative estimate of drug-likeness (QED) is 0.799. The van der Waals surface area contributed by atoms with Gasteiger partial charge in [-0.2, -0.15) is 0 Å². The Labute approximate surface area is 107 Å². The second kappa shape index (κ2) is 5.07. The number of Topliss-reactive ketones (excluding diaryl/α,β-unsaturated/α-hetero) is 1. The molecule has 1 saturated heterocycles. The predicted molar refractivity (Wildman–Crippen MR) is 70.4 cm³/mol. The van der Waals surface area contributed by atoms with E-state index >= 15 is 0 Å². The maximum atomic E-state index is 11.4. The Morgan fingerprint density at radius 3 is 2.83 bits per heavy atom. The first kappa shape index (κ1) is 13.0. The summed E-state index contributed by atoms with van der Waals surface area (Å²) in [5.41, 5.74) is 1.54. The normalized spacial score (nSPS) is 19.3. The molecule has 0 saturated carbocycles. The van der Waals surface area contributed by atoms with Gasteiger partial charge in [0.1, 0.15) is 0 Å². The predicted octanol–water partition coefficient (Wildman–Crippen LogP) is 0.629. The molecule has 18 heavy (non-hydrogen) atoms. The molecule has 1 N–H and O–H groups in total. The third-order valence-corrected chi connectivity index (χ3v) is 4.32. The van der Waals surface area contributed by atoms with E-state index in [1.807, 2.05) is 17.0 Å². The van der Waals surface area contributed by atoms with E-state index in [0.717, 1.165) is 5.69 Å². The number of rotatable bonds is 2. The maximum Gasteiger partial charge on any atom is 0.213 e. The van der Waals surface area contributed by atoms with Crippen LogP contribution in [0.3, 0.4) is 0 Å². The third-order valence-electron chi connectivity index (χ3n) is 2.95. The van der Waals surface area contributed by atoms with Gasteiger partial charge in [0.15, 0.2) is 5.78 Å². The van der Waals surface area contributed by atoms with Gasteiger partial charge in [-0.1, -0.05) is 12.1 Å². The van der Waals surface area contributed by atoms with Gasteiger partial charge in [-0.05, 0) is 19.1 Å². The van der Waals surface area contributed by atoms with Crippen LogP contribution in [0.4, 0.5) is 5.69 Å². The minimum Gasteiger partial charge on any atom is -0.369 e. The van der Waals surface area contributed by atoms with Crippen LogP contribution < -0.4 is 9.62 Å². The minimum absolute atomic E-state index is 0.0115. The van der Waals surface area contributed by atoms with Gasteiger partial charge in [0.2, 0.25) is 10.0 Å². The Morgan fingerprint density at radius 1 is 1.33 bits per heavy atom. The molecule has 0 radical (unpaired) electrons. The zero-order valence-corrected chi connectivity index (χ0v) is 11.0. The molecule has 1 aliphatic rings. The fourth-order valence-corrected chi connectivity index (χ4v) is 2.94. The molecule has 5 nitrogen and oxygen atoms in total. The van der Waals surface area contributed by atoms with E-state index in [1.54, 1.807) is 12.1 Å². The first-order valence-electron chi connectivity index (χ1n) is 5.81. The molecule has 0 spiro atoms. The van der Waals surface area contributed by atoms with Gasteiger partial charge < -0.3 is 4.90 Å². The van der Waals surface area contributed by atoms with Crippen molar-refractivity contribution >= 4 is 21.5 Å². The van der Waals surface area contributed by atoms with Crippen molar-refractivity contribution in [2.24, 2.45) is 0 Å². The number of hydrogen-bond donors (Lipinski definition) is 1. The second-order valence-electron chi connectivity index (χ2n) is 4.31. The summed E-state index contributed by atoms with van der Waals surface area (Å²) in [5.74, 6) is 0.0922. The van der Waals surface area contributed by atoms with Crippen molar-refractivity contribution in [1.29, 1.82) is 0 Å². The SMILES string of the molecule is CC(=O)c1cccc(N2CCNS(=O)(=O)CC2)c1. The van der Waals surface area contributed by atoms with Gasteiger partial charge in [0.25, 0.3) is 0 Å². The number of sulfonamides is 1. The van der Waals surface area contributed by atoms with Gasteiger partial charge in [0.05, 0.1) is 5.75 Å². The van der Waals surface area contributed by atoms with Crippen LogP contribution in [-0.4, -0.2) is 39.6 Å². The summed E-state index contributed by atoms with van der Waals surface area (Å²) in [4.78, 5) is 13.3. The smallest absolute Gasteiger partial charge is 0.213 e. The Kier molecular flexibility index (Phi) is 3.68. The van der Waals surface area contributed by atoms with E-state index in [0.29, 0.717) is 25.2 Å². The maximum absolute atomic E-state index is 11.4. The molecular formula is C12H16N2O3S. The molecule has 0 amide bonds. The summed E-state index contributed by atoms with van der Waals surface area (Å²) < 4.78 is 25.4. The molecule has 1 aromatic carbocycles. The molecular weight excluding hydrogens is 252 g/mol. The van der Waals surface area contributed by atoms with Crippen molar-refractivity contribution in [1.82, 2.24) is 4.72 Å². The Hall–Kier alpha value is -1.40. The van der Waals surface area contributed by atoms with Crippen LogP contribution in [0.1, 0.15) is 17.3 Å². The van der Waals surface area contributed by atoms with Gasteiger partial charge in [0, 0.05) is 30.9 Å². The topological polar surface area (TPSA) is 66.5 Å². The minimum atomic E-state index is -3.15. The van der Waals surface area contributed by atoms with Gasteiger partial charge in [-0.3, -0.25) is 4.79 Å². The largest absolute Gasteiger partial charge is 0.369 e. The number of benzene rings is 1. The van der Waals surface area contributed by atoms with E-state index in [2.05, 4.69) is 4.72 Å². The zero-order valence-electron chi connectivity index (χ0n) is 10.2. The van der Waals surface area contributed by atoms with Crippen molar-refractivity contribution in [3.63, 3.8) is 0 Å². The fraction of sp³-hybridized carbons (Fsp3) is 0.417. The van der Waals surface area contributed by atoms with Crippen LogP contribution in [0.15, 0.2) is 24.3 Å². The Balaban J connectivity index is 2.21. The molecule has 1 fully saturated rings. The second-order valence-corrected chi connectivity index (χ2v) is 6.23. The Morgan fingerprint density at radius 2 is 2.11 bits per heavy atom. The molecule has 1 aliphatic heterocycles. The van der Waals surface area contributed by atoms with Gasteiger partial charge >= 0.3 is 0 Å². The number of nitrogens with one attached hydrogen (secondary N) is 1. The molecule has 6 heteroatoms. The zero-order chi connectivity index (χ0) is 13.2. The summed E-state index contributed by atoms with van der Waals surface area (Å²) >= 11 is 0. The van der Waals surface area contributed by atoms with E-state index in [9.17, 15) is 13.2 Å². The van der Waals surface area contributed by atoms with E-state index in [4.69, 9.17) is 0 Å². The van der Waals surface area contributed by atoms with Crippen molar-refractivity contribution in [2.75, 3.05) is 30.3 Å². The van der Waals surface area contributed by atoms with Gasteiger partial charge in [-0.15, -0.1) is 0 Å². The van der Waals surface area contributed by atoms with Crippen LogP contribution >= 0.6 is 0 Å². The lowest BCUT2D eigenvalue weighted by atomic mass is 10.1. The first-order chi connectivity index (χ1) is 8.48. The fourth-order valence-electron chi connectivity index (χ4n) is 1.93. The number of anilines is 1. The standard InChI is InChI=1S/C12H16N2O3S/c1-10(15)11-3-2-4-12(9-11)14-6-5-13-18(16,17)8-7-14/h2-4,9,13H,5-8H2,1H3. The van der Waals surface area contributed by atoms with Crippen molar-refractivity contribution < 1.29 is 13.2 Å². The molecule has 2 rings (SSSR count). The highest BCUT2D eigenvalue weighted by Gasteiger charge is 2.18. The summed E-state index contributed by atoms with van der Waals surface area (Å²) in [6, 6.07) is 7.28. The lowest BCUT2D eigenvalue weighted by molar-refractivity contribution is 0.101. The highest BCUT2D eigenvalue weighted by molar-refractivity contribution is 7.89. The number of ketones is 1. The summed E-state index contributed by atoms with van der Waals surface area (Å²) in [5, 5.41) is 0. The highest BCUT2D eigenvalue weighted by atomic mass is 32.2. The van der Waals surface area contributed by atoms with Crippen molar-refractivity contribution in [2.45, 2.75) is 6.92 Å². The molecule has 0 atom stereocenters. The molecule has 0 aromatic heterocycles. The monoisotopic (exact) mass is 268 g/mol. The van der Waals surface area contributed by atoms with Gasteiger partial charge in [-0.25, -0.2) is 13.1 Å². The summed E-state index contributed by atoms with van der Waals surface area (Å²) in [6.45, 7) is 2.97.